The van der Waals surface area contributed by atoms with E-state index in [2.05, 4.69) is 210 Å². The second-order valence-electron chi connectivity index (χ2n) is 14.9. The van der Waals surface area contributed by atoms with Crippen LogP contribution in [0.2, 0.25) is 0 Å². The van der Waals surface area contributed by atoms with Gasteiger partial charge in [0.05, 0.1) is 22.1 Å². The molecule has 0 spiro atoms. The Balaban J connectivity index is 1.16. The Labute approximate surface area is 328 Å². The van der Waals surface area contributed by atoms with E-state index in [0.29, 0.717) is 0 Å². The zero-order valence-corrected chi connectivity index (χ0v) is 30.9. The molecule has 0 unspecified atom stereocenters. The van der Waals surface area contributed by atoms with Crippen LogP contribution in [0.25, 0.3) is 92.9 Å². The fraction of sp³-hybridized carbons (Fsp3) is 0. The summed E-state index contributed by atoms with van der Waals surface area (Å²) in [7, 11) is 0. The summed E-state index contributed by atoms with van der Waals surface area (Å²) >= 11 is 0. The van der Waals surface area contributed by atoms with E-state index in [9.17, 15) is 0 Å². The molecule has 10 aromatic carbocycles. The molecule has 266 valence electrons. The standard InChI is InChI=1S/C54H34N2O/c1-2-16-41(17-3-1)56-49-34-43(29-31-46(49)47-30-26-37-13-6-8-18-44(37)53(47)56)55(42-27-24-36(25-28-42)39-23-22-35-12-4-5-14-38(35)32-39)54-45-19-9-7-15-40(45)33-51-52(54)48-20-10-11-21-50(48)57-51/h1-34H. The van der Waals surface area contributed by atoms with Gasteiger partial charge < -0.3 is 13.9 Å². The summed E-state index contributed by atoms with van der Waals surface area (Å²) < 4.78 is 9.08. The molecule has 0 saturated carbocycles. The number of furan rings is 1. The first kappa shape index (κ1) is 31.7. The summed E-state index contributed by atoms with van der Waals surface area (Å²) in [4.78, 5) is 2.45. The van der Waals surface area contributed by atoms with E-state index in [4.69, 9.17) is 4.42 Å². The molecule has 3 nitrogen and oxygen atoms in total. The van der Waals surface area contributed by atoms with Crippen molar-refractivity contribution < 1.29 is 4.42 Å². The van der Waals surface area contributed by atoms with Gasteiger partial charge in [-0.25, -0.2) is 0 Å². The number of para-hydroxylation sites is 2. The van der Waals surface area contributed by atoms with Gasteiger partial charge in [0.2, 0.25) is 0 Å². The fourth-order valence-corrected chi connectivity index (χ4v) is 9.09. The number of anilines is 3. The highest BCUT2D eigenvalue weighted by Gasteiger charge is 2.24. The average Bonchev–Trinajstić information content (AvgIpc) is 3.82. The molecule has 3 heteroatoms. The van der Waals surface area contributed by atoms with Crippen molar-refractivity contribution in [1.82, 2.24) is 4.57 Å². The van der Waals surface area contributed by atoms with E-state index < -0.39 is 0 Å². The summed E-state index contributed by atoms with van der Waals surface area (Å²) in [6.45, 7) is 0. The van der Waals surface area contributed by atoms with Crippen molar-refractivity contribution in [1.29, 1.82) is 0 Å². The van der Waals surface area contributed by atoms with E-state index >= 15 is 0 Å². The second-order valence-corrected chi connectivity index (χ2v) is 14.9. The molecule has 0 aliphatic rings. The summed E-state index contributed by atoms with van der Waals surface area (Å²) in [6, 6.07) is 74.6. The summed E-state index contributed by atoms with van der Waals surface area (Å²) in [5, 5.41) is 11.9. The van der Waals surface area contributed by atoms with Crippen molar-refractivity contribution in [3.05, 3.63) is 206 Å². The first-order valence-corrected chi connectivity index (χ1v) is 19.5. The van der Waals surface area contributed by atoms with E-state index in [0.717, 1.165) is 61.0 Å². The number of aromatic nitrogens is 1. The van der Waals surface area contributed by atoms with Crippen LogP contribution >= 0.6 is 0 Å². The van der Waals surface area contributed by atoms with Gasteiger partial charge in [-0.2, -0.15) is 0 Å². The minimum absolute atomic E-state index is 0.869. The van der Waals surface area contributed by atoms with E-state index in [1.54, 1.807) is 0 Å². The number of hydrogen-bond donors (Lipinski definition) is 0. The number of fused-ring (bicyclic) bond motifs is 10. The molecule has 12 rings (SSSR count). The minimum atomic E-state index is 0.869. The number of hydrogen-bond acceptors (Lipinski definition) is 2. The lowest BCUT2D eigenvalue weighted by molar-refractivity contribution is 0.669. The molecular formula is C54H34N2O. The van der Waals surface area contributed by atoms with Crippen LogP contribution in [-0.4, -0.2) is 4.57 Å². The Morgan fingerprint density at radius 2 is 1.00 bits per heavy atom. The topological polar surface area (TPSA) is 21.3 Å². The van der Waals surface area contributed by atoms with Gasteiger partial charge in [0.25, 0.3) is 0 Å². The minimum Gasteiger partial charge on any atom is -0.456 e. The van der Waals surface area contributed by atoms with Crippen molar-refractivity contribution in [2.75, 3.05) is 4.90 Å². The van der Waals surface area contributed by atoms with Gasteiger partial charge in [-0.1, -0.05) is 152 Å². The lowest BCUT2D eigenvalue weighted by Crippen LogP contribution is -2.11. The van der Waals surface area contributed by atoms with Crippen molar-refractivity contribution in [3.63, 3.8) is 0 Å². The first-order chi connectivity index (χ1) is 28.3. The molecule has 0 N–H and O–H groups in total. The van der Waals surface area contributed by atoms with Crippen LogP contribution in [-0.2, 0) is 0 Å². The van der Waals surface area contributed by atoms with E-state index in [-0.39, 0.29) is 0 Å². The van der Waals surface area contributed by atoms with Crippen LogP contribution in [0.3, 0.4) is 0 Å². The molecule has 0 fully saturated rings. The number of benzene rings is 10. The lowest BCUT2D eigenvalue weighted by atomic mass is 9.99. The predicted molar refractivity (Wildman–Crippen MR) is 241 cm³/mol. The van der Waals surface area contributed by atoms with E-state index in [1.165, 1.54) is 49.0 Å². The monoisotopic (exact) mass is 726 g/mol. The SMILES string of the molecule is c1ccc(-n2c3cc(N(c4ccc(-c5ccc6ccccc6c5)cc4)c4c5ccccc5cc5oc6ccccc6c45)ccc3c3ccc4ccccc4c32)cc1. The van der Waals surface area contributed by atoms with Gasteiger partial charge in [0, 0.05) is 44.0 Å². The Morgan fingerprint density at radius 1 is 0.368 bits per heavy atom. The van der Waals surface area contributed by atoms with Crippen molar-refractivity contribution in [3.8, 4) is 16.8 Å². The third kappa shape index (κ3) is 4.92. The van der Waals surface area contributed by atoms with Crippen LogP contribution < -0.4 is 4.90 Å². The highest BCUT2D eigenvalue weighted by atomic mass is 16.3. The van der Waals surface area contributed by atoms with Crippen LogP contribution in [0.4, 0.5) is 17.1 Å². The number of nitrogens with zero attached hydrogens (tertiary/aromatic N) is 2. The molecule has 2 heterocycles. The Bertz CT molecular complexity index is 3520. The van der Waals surface area contributed by atoms with Crippen LogP contribution in [0, 0.1) is 0 Å². The van der Waals surface area contributed by atoms with Gasteiger partial charge in [0.1, 0.15) is 11.2 Å². The molecule has 0 saturated heterocycles. The Morgan fingerprint density at radius 3 is 1.84 bits per heavy atom. The molecule has 0 aliphatic heterocycles. The first-order valence-electron chi connectivity index (χ1n) is 19.5. The Hall–Kier alpha value is -7.62. The van der Waals surface area contributed by atoms with Crippen molar-refractivity contribution >= 4 is 93.1 Å². The summed E-state index contributed by atoms with van der Waals surface area (Å²) in [5.74, 6) is 0. The molecule has 0 bridgehead atoms. The predicted octanol–water partition coefficient (Wildman–Crippen LogP) is 15.3. The van der Waals surface area contributed by atoms with Crippen LogP contribution in [0.5, 0.6) is 0 Å². The number of rotatable bonds is 5. The molecule has 0 radical (unpaired) electrons. The van der Waals surface area contributed by atoms with Crippen LogP contribution in [0.15, 0.2) is 211 Å². The van der Waals surface area contributed by atoms with Gasteiger partial charge in [-0.3, -0.25) is 0 Å². The van der Waals surface area contributed by atoms with Crippen molar-refractivity contribution in [2.24, 2.45) is 0 Å². The lowest BCUT2D eigenvalue weighted by Gasteiger charge is -2.28. The largest absolute Gasteiger partial charge is 0.456 e. The van der Waals surface area contributed by atoms with Gasteiger partial charge >= 0.3 is 0 Å². The maximum atomic E-state index is 6.63. The van der Waals surface area contributed by atoms with Crippen LogP contribution in [0.1, 0.15) is 0 Å². The average molecular weight is 727 g/mol. The maximum Gasteiger partial charge on any atom is 0.138 e. The molecule has 2 aromatic heterocycles. The highest BCUT2D eigenvalue weighted by molar-refractivity contribution is 6.23. The van der Waals surface area contributed by atoms with Gasteiger partial charge in [-0.15, -0.1) is 0 Å². The zero-order valence-electron chi connectivity index (χ0n) is 30.9. The molecule has 0 atom stereocenters. The molecule has 57 heavy (non-hydrogen) atoms. The molecule has 12 aromatic rings. The summed E-state index contributed by atoms with van der Waals surface area (Å²) in [5.41, 5.74) is 10.8. The third-order valence-corrected chi connectivity index (χ3v) is 11.7. The molecule has 0 amide bonds. The fourth-order valence-electron chi connectivity index (χ4n) is 9.09. The normalized spacial score (nSPS) is 11.9. The molecule has 0 aliphatic carbocycles. The quantitative estimate of drug-likeness (QED) is 0.176. The van der Waals surface area contributed by atoms with Crippen molar-refractivity contribution in [2.45, 2.75) is 0 Å². The van der Waals surface area contributed by atoms with Gasteiger partial charge in [-0.05, 0) is 87.3 Å². The zero-order chi connectivity index (χ0) is 37.5. The highest BCUT2D eigenvalue weighted by Crippen LogP contribution is 2.48. The second kappa shape index (κ2) is 12.5. The van der Waals surface area contributed by atoms with E-state index in [1.807, 2.05) is 6.07 Å². The molecular weight excluding hydrogens is 693 g/mol. The third-order valence-electron chi connectivity index (χ3n) is 11.7. The smallest absolute Gasteiger partial charge is 0.138 e. The Kier molecular flexibility index (Phi) is 6.93. The summed E-state index contributed by atoms with van der Waals surface area (Å²) in [6.07, 6.45) is 0. The van der Waals surface area contributed by atoms with Gasteiger partial charge in [0.15, 0.2) is 0 Å². The maximum absolute atomic E-state index is 6.63.